The largest absolute Gasteiger partial charge is 0.477 e. The lowest BCUT2D eigenvalue weighted by molar-refractivity contribution is 0.0690. The number of pyridine rings is 2. The number of nitriles is 1. The molecule has 0 saturated carbocycles. The van der Waals surface area contributed by atoms with Crippen LogP contribution >= 0.6 is 0 Å². The van der Waals surface area contributed by atoms with Crippen molar-refractivity contribution in [3.05, 3.63) is 41.7 Å². The Balaban J connectivity index is 1.67. The lowest BCUT2D eigenvalue weighted by Crippen LogP contribution is -2.48. The van der Waals surface area contributed by atoms with Crippen LogP contribution in [-0.2, 0) is 0 Å². The van der Waals surface area contributed by atoms with Crippen molar-refractivity contribution in [1.82, 2.24) is 9.97 Å². The number of amides is 2. The van der Waals surface area contributed by atoms with Gasteiger partial charge in [0.1, 0.15) is 11.9 Å². The first kappa shape index (κ1) is 15.8. The highest BCUT2D eigenvalue weighted by Crippen LogP contribution is 2.39. The van der Waals surface area contributed by atoms with E-state index in [2.05, 4.69) is 20.2 Å². The number of hydrogen-bond acceptors (Lipinski definition) is 6. The number of anilines is 3. The quantitative estimate of drug-likeness (QED) is 0.844. The summed E-state index contributed by atoms with van der Waals surface area (Å²) in [5.41, 5.74) is 1.03. The van der Waals surface area contributed by atoms with Crippen molar-refractivity contribution in [2.45, 2.75) is 12.5 Å². The van der Waals surface area contributed by atoms with Crippen molar-refractivity contribution in [3.63, 3.8) is 0 Å². The number of carbonyl (C=O) groups excluding carboxylic acids is 1. The van der Waals surface area contributed by atoms with Gasteiger partial charge < -0.3 is 10.0 Å². The molecule has 1 fully saturated rings. The first-order valence-corrected chi connectivity index (χ1v) is 8.02. The molecule has 0 aliphatic carbocycles. The molecular formula is C17H14N6O3. The highest BCUT2D eigenvalue weighted by atomic mass is 16.4. The van der Waals surface area contributed by atoms with Crippen molar-refractivity contribution in [2.24, 2.45) is 0 Å². The fourth-order valence-electron chi connectivity index (χ4n) is 3.29. The summed E-state index contributed by atoms with van der Waals surface area (Å²) in [6, 6.07) is 7.69. The lowest BCUT2D eigenvalue weighted by atomic mass is 10.2. The predicted octanol–water partition coefficient (Wildman–Crippen LogP) is 1.68. The van der Waals surface area contributed by atoms with Crippen LogP contribution in [0.1, 0.15) is 22.5 Å². The average Bonchev–Trinajstić information content (AvgIpc) is 3.06. The van der Waals surface area contributed by atoms with Gasteiger partial charge in [0.2, 0.25) is 0 Å². The molecule has 0 spiro atoms. The van der Waals surface area contributed by atoms with E-state index in [1.807, 2.05) is 6.07 Å². The maximum absolute atomic E-state index is 12.9. The second-order valence-electron chi connectivity index (χ2n) is 6.08. The molecule has 1 atom stereocenters. The monoisotopic (exact) mass is 350 g/mol. The molecule has 1 saturated heterocycles. The second-order valence-corrected chi connectivity index (χ2v) is 6.08. The third-order valence-corrected chi connectivity index (χ3v) is 4.52. The van der Waals surface area contributed by atoms with Crippen LogP contribution in [0.2, 0.25) is 0 Å². The van der Waals surface area contributed by atoms with Crippen molar-refractivity contribution >= 4 is 29.3 Å². The molecule has 2 bridgehead atoms. The van der Waals surface area contributed by atoms with Crippen LogP contribution in [0.4, 0.5) is 22.1 Å². The van der Waals surface area contributed by atoms with Crippen LogP contribution in [0.3, 0.4) is 0 Å². The zero-order chi connectivity index (χ0) is 18.3. The zero-order valence-electron chi connectivity index (χ0n) is 13.6. The minimum atomic E-state index is -1.14. The normalized spacial score (nSPS) is 17.4. The second kappa shape index (κ2) is 6.00. The molecule has 4 heterocycles. The third kappa shape index (κ3) is 2.57. The van der Waals surface area contributed by atoms with Crippen molar-refractivity contribution in [2.75, 3.05) is 28.2 Å². The Morgan fingerprint density at radius 2 is 2.15 bits per heavy atom. The van der Waals surface area contributed by atoms with Gasteiger partial charge in [0.25, 0.3) is 0 Å². The Kier molecular flexibility index (Phi) is 3.65. The summed E-state index contributed by atoms with van der Waals surface area (Å²) in [6.45, 7) is 1.46. The summed E-state index contributed by atoms with van der Waals surface area (Å²) in [5, 5.41) is 20.7. The fraction of sp³-hybridized carbons (Fsp3) is 0.235. The van der Waals surface area contributed by atoms with E-state index in [4.69, 9.17) is 5.26 Å². The molecule has 0 aromatic carbocycles. The van der Waals surface area contributed by atoms with Crippen molar-refractivity contribution in [3.8, 4) is 6.07 Å². The van der Waals surface area contributed by atoms with Gasteiger partial charge in [0, 0.05) is 19.3 Å². The van der Waals surface area contributed by atoms with Crippen LogP contribution in [0.15, 0.2) is 30.5 Å². The molecule has 1 unspecified atom stereocenters. The lowest BCUT2D eigenvalue weighted by Gasteiger charge is -2.35. The predicted molar refractivity (Wildman–Crippen MR) is 92.3 cm³/mol. The van der Waals surface area contributed by atoms with E-state index in [1.54, 1.807) is 18.2 Å². The van der Waals surface area contributed by atoms with E-state index in [1.165, 1.54) is 17.2 Å². The van der Waals surface area contributed by atoms with Crippen LogP contribution in [0, 0.1) is 11.3 Å². The van der Waals surface area contributed by atoms with Gasteiger partial charge in [0.05, 0.1) is 17.3 Å². The summed E-state index contributed by atoms with van der Waals surface area (Å²) in [7, 11) is 0. The Bertz CT molecular complexity index is 937. The van der Waals surface area contributed by atoms with Crippen molar-refractivity contribution < 1.29 is 14.7 Å². The molecule has 9 heteroatoms. The number of carboxylic acids is 1. The number of aromatic carboxylic acids is 1. The van der Waals surface area contributed by atoms with Gasteiger partial charge in [-0.15, -0.1) is 0 Å². The zero-order valence-corrected chi connectivity index (χ0v) is 13.6. The van der Waals surface area contributed by atoms with E-state index >= 15 is 0 Å². The number of fused-ring (bicyclic) bond motifs is 4. The molecule has 9 nitrogen and oxygen atoms in total. The number of rotatable bonds is 2. The molecule has 2 N–H and O–H groups in total. The van der Waals surface area contributed by atoms with Crippen LogP contribution < -0.4 is 15.1 Å². The number of carbonyl (C=O) groups is 2. The first-order chi connectivity index (χ1) is 12.6. The van der Waals surface area contributed by atoms with Crippen LogP contribution in [-0.4, -0.2) is 46.2 Å². The number of urea groups is 1. The van der Waals surface area contributed by atoms with Crippen molar-refractivity contribution in [1.29, 1.82) is 5.26 Å². The first-order valence-electron chi connectivity index (χ1n) is 8.02. The van der Waals surface area contributed by atoms with Gasteiger partial charge in [0.15, 0.2) is 11.5 Å². The molecule has 2 amide bonds. The van der Waals surface area contributed by atoms with Gasteiger partial charge in [-0.3, -0.25) is 10.2 Å². The Morgan fingerprint density at radius 1 is 1.31 bits per heavy atom. The van der Waals surface area contributed by atoms with E-state index in [0.29, 0.717) is 23.7 Å². The maximum Gasteiger partial charge on any atom is 0.354 e. The third-order valence-electron chi connectivity index (χ3n) is 4.52. The summed E-state index contributed by atoms with van der Waals surface area (Å²) in [6.07, 6.45) is 2.14. The van der Waals surface area contributed by atoms with E-state index in [9.17, 15) is 14.7 Å². The Labute approximate surface area is 148 Å². The maximum atomic E-state index is 12.9. The van der Waals surface area contributed by atoms with E-state index < -0.39 is 12.0 Å². The fourth-order valence-corrected chi connectivity index (χ4v) is 3.29. The summed E-state index contributed by atoms with van der Waals surface area (Å²) in [5.74, 6) is -0.495. The molecule has 26 heavy (non-hydrogen) atoms. The van der Waals surface area contributed by atoms with Gasteiger partial charge >= 0.3 is 12.0 Å². The summed E-state index contributed by atoms with van der Waals surface area (Å²) in [4.78, 5) is 36.0. The van der Waals surface area contributed by atoms with E-state index in [-0.39, 0.29) is 11.7 Å². The topological polar surface area (TPSA) is 122 Å². The summed E-state index contributed by atoms with van der Waals surface area (Å²) < 4.78 is 0. The number of carboxylic acid groups (broad SMARTS) is 1. The smallest absolute Gasteiger partial charge is 0.354 e. The molecule has 2 aliphatic rings. The van der Waals surface area contributed by atoms with Crippen LogP contribution in [0.25, 0.3) is 0 Å². The number of nitrogens with one attached hydrogen (secondary N) is 1. The van der Waals surface area contributed by atoms with Gasteiger partial charge in [-0.05, 0) is 30.7 Å². The molecule has 4 rings (SSSR count). The molecule has 130 valence electrons. The highest BCUT2D eigenvalue weighted by molar-refractivity contribution is 6.04. The molecule has 2 aliphatic heterocycles. The number of aromatic nitrogens is 2. The SMILES string of the molecule is N#Cc1ccc(NC(=O)N2c3nc(C(=O)O)ccc3N3CCC2C3)nc1. The van der Waals surface area contributed by atoms with Crippen LogP contribution in [0.5, 0.6) is 0 Å². The van der Waals surface area contributed by atoms with Gasteiger partial charge in [-0.1, -0.05) is 0 Å². The summed E-state index contributed by atoms with van der Waals surface area (Å²) >= 11 is 0. The minimum Gasteiger partial charge on any atom is -0.477 e. The average molecular weight is 350 g/mol. The number of nitrogens with zero attached hydrogens (tertiary/aromatic N) is 5. The molecule has 2 aromatic rings. The standard InChI is InChI=1S/C17H14N6O3/c18-7-10-1-4-14(19-8-10)21-17(26)23-11-5-6-22(9-11)13-3-2-12(16(24)25)20-15(13)23/h1-4,8,11H,5-6,9H2,(H,24,25)(H,19,21,26). The minimum absolute atomic E-state index is 0.0857. The van der Waals surface area contributed by atoms with E-state index in [0.717, 1.165) is 18.7 Å². The molecule has 2 aromatic heterocycles. The van der Waals surface area contributed by atoms with Gasteiger partial charge in [-0.2, -0.15) is 5.26 Å². The number of hydrogen-bond donors (Lipinski definition) is 2. The van der Waals surface area contributed by atoms with Gasteiger partial charge in [-0.25, -0.2) is 19.6 Å². The molecule has 0 radical (unpaired) electrons. The molecular weight excluding hydrogens is 336 g/mol. The Morgan fingerprint density at radius 3 is 2.85 bits per heavy atom. The highest BCUT2D eigenvalue weighted by Gasteiger charge is 2.40. The Hall–Kier alpha value is -3.67.